The number of hydrogen-bond acceptors (Lipinski definition) is 4. The number of hydrogen-bond donors (Lipinski definition) is 1. The first-order valence-corrected chi connectivity index (χ1v) is 6.74. The monoisotopic (exact) mass is 291 g/mol. The van der Waals surface area contributed by atoms with Crippen LogP contribution in [0.5, 0.6) is 0 Å². The van der Waals surface area contributed by atoms with Gasteiger partial charge < -0.3 is 10.5 Å². The number of nitrogens with two attached hydrogens (primary N) is 1. The molecule has 0 amide bonds. The van der Waals surface area contributed by atoms with Gasteiger partial charge in [-0.2, -0.15) is 5.10 Å². The van der Waals surface area contributed by atoms with Crippen LogP contribution in [0.1, 0.15) is 18.2 Å². The predicted octanol–water partition coefficient (Wildman–Crippen LogP) is 1.75. The number of aromatic nitrogens is 2. The molecule has 1 atom stereocenters. The molecule has 1 aromatic carbocycles. The van der Waals surface area contributed by atoms with Crippen LogP contribution in [0.2, 0.25) is 0 Å². The Morgan fingerprint density at radius 2 is 2.10 bits per heavy atom. The van der Waals surface area contributed by atoms with Gasteiger partial charge in [-0.25, -0.2) is 9.07 Å². The van der Waals surface area contributed by atoms with Gasteiger partial charge in [0.15, 0.2) is 0 Å². The number of ether oxygens (including phenoxy) is 1. The summed E-state index contributed by atoms with van der Waals surface area (Å²) in [5.41, 5.74) is 8.29. The molecule has 0 saturated carbocycles. The lowest BCUT2D eigenvalue weighted by molar-refractivity contribution is -0.144. The van der Waals surface area contributed by atoms with Gasteiger partial charge in [0.1, 0.15) is 11.9 Å². The van der Waals surface area contributed by atoms with Crippen LogP contribution in [0.15, 0.2) is 30.5 Å². The van der Waals surface area contributed by atoms with Crippen LogP contribution in [0.25, 0.3) is 5.69 Å². The Bertz CT molecular complexity index is 622. The summed E-state index contributed by atoms with van der Waals surface area (Å²) in [5.74, 6) is -0.723. The van der Waals surface area contributed by atoms with E-state index in [9.17, 15) is 9.18 Å². The quantitative estimate of drug-likeness (QED) is 0.852. The summed E-state index contributed by atoms with van der Waals surface area (Å²) in [5, 5.41) is 4.26. The molecule has 0 radical (unpaired) electrons. The van der Waals surface area contributed by atoms with Crippen molar-refractivity contribution in [2.75, 3.05) is 6.61 Å². The minimum Gasteiger partial charge on any atom is -0.465 e. The molecule has 0 aliphatic rings. The molecule has 1 heterocycles. The normalized spacial score (nSPS) is 12.2. The van der Waals surface area contributed by atoms with Gasteiger partial charge in [-0.1, -0.05) is 0 Å². The first-order valence-electron chi connectivity index (χ1n) is 6.74. The SMILES string of the molecule is CCOC(=O)C(N)Cc1cnn(-c2ccc(F)cc2)c1C. The number of rotatable bonds is 5. The lowest BCUT2D eigenvalue weighted by Crippen LogP contribution is -2.34. The van der Waals surface area contributed by atoms with Gasteiger partial charge in [-0.15, -0.1) is 0 Å². The fourth-order valence-electron chi connectivity index (χ4n) is 2.06. The predicted molar refractivity (Wildman–Crippen MR) is 76.6 cm³/mol. The van der Waals surface area contributed by atoms with E-state index in [0.717, 1.165) is 16.9 Å². The van der Waals surface area contributed by atoms with Crippen molar-refractivity contribution in [1.82, 2.24) is 9.78 Å². The molecular formula is C15H18FN3O2. The highest BCUT2D eigenvalue weighted by Crippen LogP contribution is 2.16. The molecule has 21 heavy (non-hydrogen) atoms. The maximum atomic E-state index is 12.9. The van der Waals surface area contributed by atoms with Crippen LogP contribution in [-0.2, 0) is 16.0 Å². The first kappa shape index (κ1) is 15.2. The molecule has 0 fully saturated rings. The Labute approximate surface area is 122 Å². The van der Waals surface area contributed by atoms with E-state index >= 15 is 0 Å². The van der Waals surface area contributed by atoms with Crippen LogP contribution in [0, 0.1) is 12.7 Å². The van der Waals surface area contributed by atoms with Gasteiger partial charge in [-0.3, -0.25) is 4.79 Å². The third-order valence-electron chi connectivity index (χ3n) is 3.21. The van der Waals surface area contributed by atoms with Crippen molar-refractivity contribution >= 4 is 5.97 Å². The van der Waals surface area contributed by atoms with Crippen molar-refractivity contribution in [1.29, 1.82) is 0 Å². The van der Waals surface area contributed by atoms with Crippen LogP contribution in [0.4, 0.5) is 4.39 Å². The van der Waals surface area contributed by atoms with Crippen molar-refractivity contribution in [3.8, 4) is 5.69 Å². The zero-order chi connectivity index (χ0) is 15.4. The summed E-state index contributed by atoms with van der Waals surface area (Å²) in [6.45, 7) is 3.92. The molecule has 2 N–H and O–H groups in total. The van der Waals surface area contributed by atoms with E-state index in [-0.39, 0.29) is 5.82 Å². The van der Waals surface area contributed by atoms with E-state index in [1.165, 1.54) is 12.1 Å². The van der Waals surface area contributed by atoms with E-state index in [1.807, 2.05) is 6.92 Å². The summed E-state index contributed by atoms with van der Waals surface area (Å²) < 4.78 is 19.5. The number of carbonyl (C=O) groups excluding carboxylic acids is 1. The molecule has 6 heteroatoms. The lowest BCUT2D eigenvalue weighted by Gasteiger charge is -2.10. The average Bonchev–Trinajstić information content (AvgIpc) is 2.81. The van der Waals surface area contributed by atoms with Crippen molar-refractivity contribution < 1.29 is 13.9 Å². The van der Waals surface area contributed by atoms with Crippen LogP contribution < -0.4 is 5.73 Å². The minimum absolute atomic E-state index is 0.298. The smallest absolute Gasteiger partial charge is 0.323 e. The second-order valence-electron chi connectivity index (χ2n) is 4.71. The van der Waals surface area contributed by atoms with Gasteiger partial charge >= 0.3 is 5.97 Å². The summed E-state index contributed by atoms with van der Waals surface area (Å²) in [4.78, 5) is 11.6. The van der Waals surface area contributed by atoms with Crippen LogP contribution in [0.3, 0.4) is 0 Å². The molecule has 112 valence electrons. The van der Waals surface area contributed by atoms with Gasteiger partial charge in [0.05, 0.1) is 18.5 Å². The fourth-order valence-corrected chi connectivity index (χ4v) is 2.06. The molecule has 0 saturated heterocycles. The van der Waals surface area contributed by atoms with Crippen LogP contribution >= 0.6 is 0 Å². The van der Waals surface area contributed by atoms with E-state index in [1.54, 1.807) is 29.9 Å². The van der Waals surface area contributed by atoms with Gasteiger partial charge in [0.2, 0.25) is 0 Å². The summed E-state index contributed by atoms with van der Waals surface area (Å²) >= 11 is 0. The zero-order valence-electron chi connectivity index (χ0n) is 12.0. The number of halogens is 1. The third kappa shape index (κ3) is 3.46. The molecule has 0 spiro atoms. The lowest BCUT2D eigenvalue weighted by atomic mass is 10.1. The average molecular weight is 291 g/mol. The Balaban J connectivity index is 2.17. The largest absolute Gasteiger partial charge is 0.465 e. The number of esters is 1. The van der Waals surface area contributed by atoms with Gasteiger partial charge in [-0.05, 0) is 43.7 Å². The molecule has 0 aliphatic carbocycles. The van der Waals surface area contributed by atoms with E-state index in [0.29, 0.717) is 13.0 Å². The molecule has 1 aromatic heterocycles. The molecule has 1 unspecified atom stereocenters. The molecule has 2 rings (SSSR count). The topological polar surface area (TPSA) is 70.1 Å². The first-order chi connectivity index (χ1) is 10.0. The summed E-state index contributed by atoms with van der Waals surface area (Å²) in [6, 6.07) is 5.32. The fraction of sp³-hybridized carbons (Fsp3) is 0.333. The highest BCUT2D eigenvalue weighted by atomic mass is 19.1. The van der Waals surface area contributed by atoms with Crippen molar-refractivity contribution in [3.63, 3.8) is 0 Å². The standard InChI is InChI=1S/C15H18FN3O2/c1-3-21-15(20)14(17)8-11-9-18-19(10(11)2)13-6-4-12(16)5-7-13/h4-7,9,14H,3,8,17H2,1-2H3. The number of nitrogens with zero attached hydrogens (tertiary/aromatic N) is 2. The number of carbonyl (C=O) groups is 1. The Hall–Kier alpha value is -2.21. The van der Waals surface area contributed by atoms with Crippen molar-refractivity contribution in [3.05, 3.63) is 47.5 Å². The Kier molecular flexibility index (Phi) is 4.70. The van der Waals surface area contributed by atoms with E-state index in [4.69, 9.17) is 10.5 Å². The molecule has 2 aromatic rings. The Morgan fingerprint density at radius 3 is 2.71 bits per heavy atom. The highest BCUT2D eigenvalue weighted by Gasteiger charge is 2.18. The second kappa shape index (κ2) is 6.49. The van der Waals surface area contributed by atoms with Gasteiger partial charge in [0, 0.05) is 12.1 Å². The zero-order valence-corrected chi connectivity index (χ0v) is 12.0. The maximum absolute atomic E-state index is 12.9. The highest BCUT2D eigenvalue weighted by molar-refractivity contribution is 5.75. The maximum Gasteiger partial charge on any atom is 0.323 e. The van der Waals surface area contributed by atoms with E-state index < -0.39 is 12.0 Å². The van der Waals surface area contributed by atoms with Crippen molar-refractivity contribution in [2.45, 2.75) is 26.3 Å². The second-order valence-corrected chi connectivity index (χ2v) is 4.71. The van der Waals surface area contributed by atoms with Crippen molar-refractivity contribution in [2.24, 2.45) is 5.73 Å². The number of benzene rings is 1. The van der Waals surface area contributed by atoms with Gasteiger partial charge in [0.25, 0.3) is 0 Å². The molecular weight excluding hydrogens is 273 g/mol. The molecule has 0 bridgehead atoms. The third-order valence-corrected chi connectivity index (χ3v) is 3.21. The summed E-state index contributed by atoms with van der Waals surface area (Å²) in [7, 11) is 0. The Morgan fingerprint density at radius 1 is 1.43 bits per heavy atom. The molecule has 0 aliphatic heterocycles. The van der Waals surface area contributed by atoms with Crippen LogP contribution in [-0.4, -0.2) is 28.4 Å². The van der Waals surface area contributed by atoms with E-state index in [2.05, 4.69) is 5.10 Å². The summed E-state index contributed by atoms with van der Waals surface area (Å²) in [6.07, 6.45) is 2.02. The molecule has 5 nitrogen and oxygen atoms in total. The minimum atomic E-state index is -0.713.